The summed E-state index contributed by atoms with van der Waals surface area (Å²) in [5, 5.41) is 10.2. The van der Waals surface area contributed by atoms with Crippen molar-refractivity contribution in [1.29, 1.82) is 0 Å². The van der Waals surface area contributed by atoms with Crippen LogP contribution in [0, 0.1) is 16.0 Å². The molecule has 1 aliphatic carbocycles. The Morgan fingerprint density at radius 2 is 2.08 bits per heavy atom. The lowest BCUT2D eigenvalue weighted by Gasteiger charge is -2.18. The standard InChI is InChI=1S/C8H13NO4/c1-8(2,3)13-7(10)5-4-6(5)9(11)12/h5-6H,4H2,1-3H3. The molecule has 0 N–H and O–H groups in total. The molecule has 0 aromatic rings. The molecule has 0 aliphatic heterocycles. The van der Waals surface area contributed by atoms with Gasteiger partial charge in [-0.05, 0) is 20.8 Å². The van der Waals surface area contributed by atoms with E-state index >= 15 is 0 Å². The maximum atomic E-state index is 11.2. The first-order valence-electron chi connectivity index (χ1n) is 4.17. The van der Waals surface area contributed by atoms with E-state index < -0.39 is 28.5 Å². The molecule has 1 aliphatic rings. The van der Waals surface area contributed by atoms with Crippen LogP contribution in [-0.2, 0) is 9.53 Å². The average Bonchev–Trinajstić information content (AvgIpc) is 2.58. The molecule has 0 heterocycles. The monoisotopic (exact) mass is 187 g/mol. The molecule has 13 heavy (non-hydrogen) atoms. The Labute approximate surface area is 76.2 Å². The van der Waals surface area contributed by atoms with E-state index in [9.17, 15) is 14.9 Å². The molecule has 5 heteroatoms. The first-order chi connectivity index (χ1) is 5.81. The molecule has 2 unspecified atom stereocenters. The first-order valence-corrected chi connectivity index (χ1v) is 4.17. The number of hydrogen-bond donors (Lipinski definition) is 0. The van der Waals surface area contributed by atoms with Gasteiger partial charge in [0.25, 0.3) is 0 Å². The minimum Gasteiger partial charge on any atom is -0.460 e. The lowest BCUT2D eigenvalue weighted by molar-refractivity contribution is -0.497. The van der Waals surface area contributed by atoms with Crippen LogP contribution in [0.15, 0.2) is 0 Å². The van der Waals surface area contributed by atoms with Crippen LogP contribution in [0.1, 0.15) is 27.2 Å². The molecule has 0 radical (unpaired) electrons. The topological polar surface area (TPSA) is 69.4 Å². The Bertz CT molecular complexity index is 243. The second-order valence-electron chi connectivity index (χ2n) is 4.23. The minimum atomic E-state index is -0.713. The van der Waals surface area contributed by atoms with E-state index in [1.54, 1.807) is 20.8 Å². The van der Waals surface area contributed by atoms with Crippen LogP contribution in [0.4, 0.5) is 0 Å². The van der Waals surface area contributed by atoms with Crippen LogP contribution in [0.3, 0.4) is 0 Å². The predicted octanol–water partition coefficient (Wildman–Crippen LogP) is 0.993. The summed E-state index contributed by atoms with van der Waals surface area (Å²) in [7, 11) is 0. The summed E-state index contributed by atoms with van der Waals surface area (Å²) in [4.78, 5) is 21.0. The maximum Gasteiger partial charge on any atom is 0.316 e. The van der Waals surface area contributed by atoms with E-state index in [0.29, 0.717) is 6.42 Å². The Hall–Kier alpha value is -1.13. The molecule has 74 valence electrons. The number of ether oxygens (including phenoxy) is 1. The molecule has 0 aromatic carbocycles. The summed E-state index contributed by atoms with van der Waals surface area (Å²) < 4.78 is 5.00. The molecule has 2 atom stereocenters. The quantitative estimate of drug-likeness (QED) is 0.367. The molecule has 1 saturated carbocycles. The molecule has 0 spiro atoms. The highest BCUT2D eigenvalue weighted by atomic mass is 16.6. The average molecular weight is 187 g/mol. The number of rotatable bonds is 2. The summed E-state index contributed by atoms with van der Waals surface area (Å²) >= 11 is 0. The van der Waals surface area contributed by atoms with Gasteiger partial charge in [0.1, 0.15) is 11.5 Å². The molecule has 0 aromatic heterocycles. The zero-order valence-electron chi connectivity index (χ0n) is 7.94. The molecule has 0 amide bonds. The number of carbonyl (C=O) groups is 1. The third-order valence-electron chi connectivity index (χ3n) is 1.74. The Morgan fingerprint density at radius 1 is 1.54 bits per heavy atom. The number of nitrogens with zero attached hydrogens (tertiary/aromatic N) is 1. The van der Waals surface area contributed by atoms with Gasteiger partial charge in [-0.15, -0.1) is 0 Å². The van der Waals surface area contributed by atoms with E-state index in [0.717, 1.165) is 0 Å². The summed E-state index contributed by atoms with van der Waals surface area (Å²) in [6, 6.07) is -0.713. The van der Waals surface area contributed by atoms with Gasteiger partial charge in [-0.25, -0.2) is 0 Å². The van der Waals surface area contributed by atoms with E-state index in [1.807, 2.05) is 0 Å². The summed E-state index contributed by atoms with van der Waals surface area (Å²) in [5.74, 6) is -0.969. The summed E-state index contributed by atoms with van der Waals surface area (Å²) in [6.45, 7) is 5.23. The number of hydrogen-bond acceptors (Lipinski definition) is 4. The van der Waals surface area contributed by atoms with Crippen LogP contribution in [0.25, 0.3) is 0 Å². The van der Waals surface area contributed by atoms with E-state index in [2.05, 4.69) is 0 Å². The Kier molecular flexibility index (Phi) is 2.28. The van der Waals surface area contributed by atoms with Crippen LogP contribution in [0.2, 0.25) is 0 Å². The fraction of sp³-hybridized carbons (Fsp3) is 0.875. The normalized spacial score (nSPS) is 26.7. The van der Waals surface area contributed by atoms with Crippen LogP contribution < -0.4 is 0 Å². The highest BCUT2D eigenvalue weighted by Gasteiger charge is 2.55. The second-order valence-corrected chi connectivity index (χ2v) is 4.23. The molecule has 0 bridgehead atoms. The second kappa shape index (κ2) is 2.97. The van der Waals surface area contributed by atoms with Crippen molar-refractivity contribution in [1.82, 2.24) is 0 Å². The Morgan fingerprint density at radius 3 is 2.38 bits per heavy atom. The van der Waals surface area contributed by atoms with Crippen LogP contribution in [0.5, 0.6) is 0 Å². The maximum absolute atomic E-state index is 11.2. The Balaban J connectivity index is 2.40. The van der Waals surface area contributed by atoms with E-state index in [4.69, 9.17) is 4.74 Å². The molecule has 1 fully saturated rings. The van der Waals surface area contributed by atoms with Gasteiger partial charge < -0.3 is 4.74 Å². The van der Waals surface area contributed by atoms with E-state index in [1.165, 1.54) is 0 Å². The number of esters is 1. The van der Waals surface area contributed by atoms with Gasteiger partial charge >= 0.3 is 5.97 Å². The van der Waals surface area contributed by atoms with Crippen molar-refractivity contribution >= 4 is 5.97 Å². The van der Waals surface area contributed by atoms with Crippen molar-refractivity contribution < 1.29 is 14.5 Å². The largest absolute Gasteiger partial charge is 0.460 e. The SMILES string of the molecule is CC(C)(C)OC(=O)C1CC1[N+](=O)[O-]. The lowest BCUT2D eigenvalue weighted by Crippen LogP contribution is -2.26. The summed E-state index contributed by atoms with van der Waals surface area (Å²) in [5.41, 5.74) is -0.555. The van der Waals surface area contributed by atoms with Crippen molar-refractivity contribution in [3.8, 4) is 0 Å². The number of nitro groups is 1. The van der Waals surface area contributed by atoms with Gasteiger partial charge in [0.15, 0.2) is 0 Å². The van der Waals surface area contributed by atoms with Gasteiger partial charge in [0, 0.05) is 11.3 Å². The predicted molar refractivity (Wildman–Crippen MR) is 44.7 cm³/mol. The van der Waals surface area contributed by atoms with E-state index in [-0.39, 0.29) is 0 Å². The van der Waals surface area contributed by atoms with Crippen molar-refractivity contribution in [3.63, 3.8) is 0 Å². The van der Waals surface area contributed by atoms with Crippen molar-refractivity contribution in [2.75, 3.05) is 0 Å². The lowest BCUT2D eigenvalue weighted by atomic mass is 10.2. The van der Waals surface area contributed by atoms with Gasteiger partial charge in [-0.2, -0.15) is 0 Å². The van der Waals surface area contributed by atoms with Crippen LogP contribution >= 0.6 is 0 Å². The summed E-state index contributed by atoms with van der Waals surface area (Å²) in [6.07, 6.45) is 0.321. The number of carbonyl (C=O) groups excluding carboxylic acids is 1. The highest BCUT2D eigenvalue weighted by Crippen LogP contribution is 2.35. The van der Waals surface area contributed by atoms with Gasteiger partial charge in [-0.3, -0.25) is 14.9 Å². The molecular weight excluding hydrogens is 174 g/mol. The molecular formula is C8H13NO4. The van der Waals surface area contributed by atoms with Gasteiger partial charge in [0.05, 0.1) is 0 Å². The van der Waals surface area contributed by atoms with Crippen LogP contribution in [-0.4, -0.2) is 22.5 Å². The third kappa shape index (κ3) is 2.68. The van der Waals surface area contributed by atoms with Crippen molar-refractivity contribution in [2.24, 2.45) is 5.92 Å². The molecule has 5 nitrogen and oxygen atoms in total. The third-order valence-corrected chi connectivity index (χ3v) is 1.74. The van der Waals surface area contributed by atoms with Gasteiger partial charge in [-0.1, -0.05) is 0 Å². The molecule has 0 saturated heterocycles. The fourth-order valence-electron chi connectivity index (χ4n) is 1.05. The fourth-order valence-corrected chi connectivity index (χ4v) is 1.05. The molecule has 1 rings (SSSR count). The van der Waals surface area contributed by atoms with Gasteiger partial charge in [0.2, 0.25) is 6.04 Å². The van der Waals surface area contributed by atoms with Crippen molar-refractivity contribution in [3.05, 3.63) is 10.1 Å². The highest BCUT2D eigenvalue weighted by molar-refractivity contribution is 5.76. The first kappa shape index (κ1) is 9.95. The zero-order valence-corrected chi connectivity index (χ0v) is 7.94. The smallest absolute Gasteiger partial charge is 0.316 e. The van der Waals surface area contributed by atoms with Crippen molar-refractivity contribution in [2.45, 2.75) is 38.8 Å². The zero-order chi connectivity index (χ0) is 10.2. The minimum absolute atomic E-state index is 0.321.